The normalized spacial score (nSPS) is 15.7. The predicted molar refractivity (Wildman–Crippen MR) is 106 cm³/mol. The van der Waals surface area contributed by atoms with Crippen LogP contribution < -0.4 is 0 Å². The van der Waals surface area contributed by atoms with Crippen molar-refractivity contribution in [1.29, 1.82) is 0 Å². The van der Waals surface area contributed by atoms with E-state index in [1.807, 2.05) is 91.0 Å². The maximum absolute atomic E-state index is 12.5. The van der Waals surface area contributed by atoms with Gasteiger partial charge in [-0.1, -0.05) is 91.0 Å². The number of aliphatic hydroxyl groups is 1. The summed E-state index contributed by atoms with van der Waals surface area (Å²) in [6, 6.07) is 30.0. The van der Waals surface area contributed by atoms with Crippen LogP contribution in [0.25, 0.3) is 0 Å². The lowest BCUT2D eigenvalue weighted by molar-refractivity contribution is -0.139. The number of rotatable bonds is 5. The number of amides is 1. The fourth-order valence-corrected chi connectivity index (χ4v) is 4.21. The minimum atomic E-state index is -0.986. The number of hydrogen-bond acceptors (Lipinski definition) is 2. The van der Waals surface area contributed by atoms with Crippen LogP contribution >= 0.6 is 0 Å². The Kier molecular flexibility index (Phi) is 4.78. The molecular weight excluding hydrogens is 334 g/mol. The third-order valence-electron chi connectivity index (χ3n) is 5.48. The van der Waals surface area contributed by atoms with Gasteiger partial charge in [0.1, 0.15) is 6.23 Å². The summed E-state index contributed by atoms with van der Waals surface area (Å²) in [6.07, 6.45) is 0.287. The van der Waals surface area contributed by atoms with E-state index in [1.165, 1.54) is 0 Å². The number of nitrogens with zero attached hydrogens (tertiary/aromatic N) is 1. The second-order valence-electron chi connectivity index (χ2n) is 6.97. The van der Waals surface area contributed by atoms with Gasteiger partial charge in [0.25, 0.3) is 0 Å². The summed E-state index contributed by atoms with van der Waals surface area (Å²) in [6.45, 7) is 0.578. The van der Waals surface area contributed by atoms with E-state index in [0.717, 1.165) is 23.1 Å². The molecule has 0 bridgehead atoms. The van der Waals surface area contributed by atoms with E-state index < -0.39 is 11.6 Å². The summed E-state index contributed by atoms with van der Waals surface area (Å²) in [4.78, 5) is 14.2. The van der Waals surface area contributed by atoms with Crippen molar-refractivity contribution in [3.8, 4) is 0 Å². The van der Waals surface area contributed by atoms with Crippen molar-refractivity contribution in [1.82, 2.24) is 4.90 Å². The maximum atomic E-state index is 12.5. The molecule has 1 amide bonds. The molecule has 136 valence electrons. The van der Waals surface area contributed by atoms with Crippen LogP contribution in [-0.4, -0.2) is 28.7 Å². The largest absolute Gasteiger partial charge is 0.372 e. The summed E-state index contributed by atoms with van der Waals surface area (Å²) in [7, 11) is 0. The molecule has 0 saturated carbocycles. The Labute approximate surface area is 159 Å². The Morgan fingerprint density at radius 3 is 1.48 bits per heavy atom. The molecule has 1 aliphatic rings. The van der Waals surface area contributed by atoms with Gasteiger partial charge in [0.2, 0.25) is 5.91 Å². The SMILES string of the molecule is O=C1CCCN1C(O)C(c1ccccc1)(c1ccccc1)c1ccccc1. The minimum absolute atomic E-state index is 0.00895. The molecule has 0 radical (unpaired) electrons. The molecule has 3 heteroatoms. The van der Waals surface area contributed by atoms with Gasteiger partial charge in [-0.05, 0) is 23.1 Å². The lowest BCUT2D eigenvalue weighted by Gasteiger charge is -2.43. The molecular formula is C24H23NO2. The molecule has 3 aromatic rings. The molecule has 1 N–H and O–H groups in total. The van der Waals surface area contributed by atoms with E-state index in [-0.39, 0.29) is 5.91 Å². The molecule has 27 heavy (non-hydrogen) atoms. The Morgan fingerprint density at radius 1 is 0.741 bits per heavy atom. The Balaban J connectivity index is 2.02. The van der Waals surface area contributed by atoms with Crippen molar-refractivity contribution in [2.75, 3.05) is 6.54 Å². The van der Waals surface area contributed by atoms with Gasteiger partial charge in [-0.15, -0.1) is 0 Å². The lowest BCUT2D eigenvalue weighted by Crippen LogP contribution is -2.52. The highest BCUT2D eigenvalue weighted by Crippen LogP contribution is 2.44. The Morgan fingerprint density at radius 2 is 1.15 bits per heavy atom. The van der Waals surface area contributed by atoms with Crippen LogP contribution in [0.2, 0.25) is 0 Å². The van der Waals surface area contributed by atoms with Crippen molar-refractivity contribution in [3.05, 3.63) is 108 Å². The summed E-state index contributed by atoms with van der Waals surface area (Å²) in [5.41, 5.74) is 2.04. The van der Waals surface area contributed by atoms with E-state index in [1.54, 1.807) is 4.90 Å². The van der Waals surface area contributed by atoms with E-state index in [4.69, 9.17) is 0 Å². The van der Waals surface area contributed by atoms with E-state index >= 15 is 0 Å². The Hall–Kier alpha value is -2.91. The average molecular weight is 357 g/mol. The number of hydrogen-bond donors (Lipinski definition) is 1. The second kappa shape index (κ2) is 7.37. The van der Waals surface area contributed by atoms with Crippen molar-refractivity contribution < 1.29 is 9.90 Å². The molecule has 1 saturated heterocycles. The molecule has 4 rings (SSSR count). The highest BCUT2D eigenvalue weighted by molar-refractivity contribution is 5.79. The smallest absolute Gasteiger partial charge is 0.224 e. The molecule has 1 aliphatic heterocycles. The topological polar surface area (TPSA) is 40.5 Å². The number of likely N-dealkylation sites (tertiary alicyclic amines) is 1. The standard InChI is InChI=1S/C24H23NO2/c26-22-17-10-18-25(22)23(27)24(19-11-4-1-5-12-19,20-13-6-2-7-14-20)21-15-8-3-9-16-21/h1-9,11-16,23,27H,10,17-18H2. The van der Waals surface area contributed by atoms with Crippen LogP contribution in [-0.2, 0) is 10.2 Å². The van der Waals surface area contributed by atoms with Crippen LogP contribution in [0.4, 0.5) is 0 Å². The van der Waals surface area contributed by atoms with Crippen molar-refractivity contribution >= 4 is 5.91 Å². The quantitative estimate of drug-likeness (QED) is 0.702. The van der Waals surface area contributed by atoms with Crippen molar-refractivity contribution in [2.45, 2.75) is 24.5 Å². The number of carbonyl (C=O) groups is 1. The predicted octanol–water partition coefficient (Wildman–Crippen LogP) is 3.96. The molecule has 1 atom stereocenters. The molecule has 1 fully saturated rings. The molecule has 1 heterocycles. The fourth-order valence-electron chi connectivity index (χ4n) is 4.21. The highest BCUT2D eigenvalue weighted by atomic mass is 16.3. The third-order valence-corrected chi connectivity index (χ3v) is 5.48. The second-order valence-corrected chi connectivity index (χ2v) is 6.97. The van der Waals surface area contributed by atoms with Gasteiger partial charge < -0.3 is 10.0 Å². The van der Waals surface area contributed by atoms with Crippen LogP contribution in [0, 0.1) is 0 Å². The van der Waals surface area contributed by atoms with Gasteiger partial charge in [-0.25, -0.2) is 0 Å². The van der Waals surface area contributed by atoms with Crippen molar-refractivity contribution in [2.24, 2.45) is 0 Å². The molecule has 1 unspecified atom stereocenters. The number of aliphatic hydroxyl groups excluding tert-OH is 1. The lowest BCUT2D eigenvalue weighted by atomic mass is 9.67. The summed E-state index contributed by atoms with van der Waals surface area (Å²) in [5, 5.41) is 11.7. The Bertz CT molecular complexity index is 797. The average Bonchev–Trinajstić information content (AvgIpc) is 3.17. The van der Waals surface area contributed by atoms with Gasteiger partial charge in [-0.2, -0.15) is 0 Å². The van der Waals surface area contributed by atoms with Gasteiger partial charge in [0, 0.05) is 13.0 Å². The molecule has 0 aromatic heterocycles. The van der Waals surface area contributed by atoms with Gasteiger partial charge in [-0.3, -0.25) is 4.79 Å². The van der Waals surface area contributed by atoms with Crippen LogP contribution in [0.1, 0.15) is 29.5 Å². The first-order valence-electron chi connectivity index (χ1n) is 9.38. The zero-order valence-electron chi connectivity index (χ0n) is 15.2. The van der Waals surface area contributed by atoms with Gasteiger partial charge >= 0.3 is 0 Å². The first-order chi connectivity index (χ1) is 13.2. The number of benzene rings is 3. The molecule has 3 aromatic carbocycles. The molecule has 3 nitrogen and oxygen atoms in total. The summed E-state index contributed by atoms with van der Waals surface area (Å²) in [5.74, 6) is 0.00895. The number of carbonyl (C=O) groups excluding carboxylic acids is 1. The van der Waals surface area contributed by atoms with Crippen molar-refractivity contribution in [3.63, 3.8) is 0 Å². The zero-order valence-corrected chi connectivity index (χ0v) is 15.2. The molecule has 0 aliphatic carbocycles. The highest BCUT2D eigenvalue weighted by Gasteiger charge is 2.47. The van der Waals surface area contributed by atoms with E-state index in [2.05, 4.69) is 0 Å². The first kappa shape index (κ1) is 17.5. The zero-order chi connectivity index (χ0) is 18.7. The van der Waals surface area contributed by atoms with E-state index in [9.17, 15) is 9.90 Å². The fraction of sp³-hybridized carbons (Fsp3) is 0.208. The van der Waals surface area contributed by atoms with Gasteiger partial charge in [0.05, 0.1) is 5.41 Å². The van der Waals surface area contributed by atoms with Crippen LogP contribution in [0.3, 0.4) is 0 Å². The first-order valence-corrected chi connectivity index (χ1v) is 9.38. The monoisotopic (exact) mass is 357 g/mol. The van der Waals surface area contributed by atoms with Crippen LogP contribution in [0.15, 0.2) is 91.0 Å². The minimum Gasteiger partial charge on any atom is -0.372 e. The van der Waals surface area contributed by atoms with Crippen LogP contribution in [0.5, 0.6) is 0 Å². The van der Waals surface area contributed by atoms with Gasteiger partial charge in [0.15, 0.2) is 0 Å². The third kappa shape index (κ3) is 2.94. The maximum Gasteiger partial charge on any atom is 0.224 e. The van der Waals surface area contributed by atoms with E-state index in [0.29, 0.717) is 13.0 Å². The molecule has 0 spiro atoms. The summed E-state index contributed by atoms with van der Waals surface area (Å²) < 4.78 is 0. The summed E-state index contributed by atoms with van der Waals surface area (Å²) >= 11 is 0.